The third-order valence-electron chi connectivity index (χ3n) is 3.12. The molecule has 0 saturated carbocycles. The molecule has 1 N–H and O–H groups in total. The lowest BCUT2D eigenvalue weighted by Gasteiger charge is -2.17. The Hall–Kier alpha value is -0.590. The highest BCUT2D eigenvalue weighted by atomic mass is 32.1. The van der Waals surface area contributed by atoms with Crippen LogP contribution < -0.4 is 5.32 Å². The third kappa shape index (κ3) is 4.59. The summed E-state index contributed by atoms with van der Waals surface area (Å²) < 4.78 is 36.6. The molecule has 18 heavy (non-hydrogen) atoms. The molecule has 0 aromatic carbocycles. The van der Waals surface area contributed by atoms with Crippen molar-refractivity contribution in [3.05, 3.63) is 22.4 Å². The Morgan fingerprint density at radius 2 is 2.28 bits per heavy atom. The van der Waals surface area contributed by atoms with E-state index in [2.05, 4.69) is 16.8 Å². The first-order valence-corrected chi connectivity index (χ1v) is 6.98. The summed E-state index contributed by atoms with van der Waals surface area (Å²) in [7, 11) is 0. The van der Waals surface area contributed by atoms with Crippen LogP contribution in [0.15, 0.2) is 16.8 Å². The summed E-state index contributed by atoms with van der Waals surface area (Å²) in [5.41, 5.74) is 1.24. The number of alkyl halides is 3. The minimum atomic E-state index is -4.07. The average molecular weight is 278 g/mol. The first-order chi connectivity index (χ1) is 8.53. The Balaban J connectivity index is 1.64. The molecule has 6 heteroatoms. The van der Waals surface area contributed by atoms with Crippen molar-refractivity contribution in [2.24, 2.45) is 5.92 Å². The van der Waals surface area contributed by atoms with Crippen LogP contribution in [-0.4, -0.2) is 37.3 Å². The SMILES string of the molecule is FC(F)(F)CN1CCC(CNCc2ccsc2)C1. The van der Waals surface area contributed by atoms with Crippen molar-refractivity contribution in [1.29, 1.82) is 0 Å². The van der Waals surface area contributed by atoms with Crippen molar-refractivity contribution in [2.45, 2.75) is 19.1 Å². The van der Waals surface area contributed by atoms with Crippen LogP contribution in [0.1, 0.15) is 12.0 Å². The topological polar surface area (TPSA) is 15.3 Å². The fourth-order valence-electron chi connectivity index (χ4n) is 2.29. The lowest BCUT2D eigenvalue weighted by molar-refractivity contribution is -0.143. The molecule has 1 aromatic heterocycles. The minimum Gasteiger partial charge on any atom is -0.312 e. The van der Waals surface area contributed by atoms with Crippen molar-refractivity contribution < 1.29 is 13.2 Å². The number of halogens is 3. The molecular formula is C12H17F3N2S. The quantitative estimate of drug-likeness (QED) is 0.891. The summed E-state index contributed by atoms with van der Waals surface area (Å²) in [4.78, 5) is 1.50. The molecule has 0 aliphatic carbocycles. The molecule has 1 saturated heterocycles. The lowest BCUT2D eigenvalue weighted by Crippen LogP contribution is -2.33. The number of likely N-dealkylation sites (tertiary alicyclic amines) is 1. The molecule has 0 amide bonds. The number of hydrogen-bond donors (Lipinski definition) is 1. The van der Waals surface area contributed by atoms with Gasteiger partial charge in [0.15, 0.2) is 0 Å². The van der Waals surface area contributed by atoms with Crippen LogP contribution in [-0.2, 0) is 6.54 Å². The van der Waals surface area contributed by atoms with Gasteiger partial charge >= 0.3 is 6.18 Å². The Labute approximate surface area is 109 Å². The molecule has 1 unspecified atom stereocenters. The van der Waals surface area contributed by atoms with E-state index in [9.17, 15) is 13.2 Å². The molecule has 0 bridgehead atoms. The number of thiophene rings is 1. The molecule has 1 aromatic rings. The smallest absolute Gasteiger partial charge is 0.312 e. The maximum absolute atomic E-state index is 12.2. The highest BCUT2D eigenvalue weighted by Crippen LogP contribution is 2.22. The number of hydrogen-bond acceptors (Lipinski definition) is 3. The van der Waals surface area contributed by atoms with E-state index >= 15 is 0 Å². The van der Waals surface area contributed by atoms with Crippen molar-refractivity contribution in [1.82, 2.24) is 10.2 Å². The second-order valence-corrected chi connectivity index (χ2v) is 5.55. The van der Waals surface area contributed by atoms with Gasteiger partial charge in [0.2, 0.25) is 0 Å². The van der Waals surface area contributed by atoms with E-state index < -0.39 is 12.7 Å². The van der Waals surface area contributed by atoms with Gasteiger partial charge in [0.1, 0.15) is 0 Å². The molecule has 1 fully saturated rings. The summed E-state index contributed by atoms with van der Waals surface area (Å²) in [5.74, 6) is 0.339. The van der Waals surface area contributed by atoms with Gasteiger partial charge < -0.3 is 5.32 Å². The first kappa shape index (κ1) is 13.8. The maximum atomic E-state index is 12.2. The van der Waals surface area contributed by atoms with Crippen LogP contribution in [0.3, 0.4) is 0 Å². The van der Waals surface area contributed by atoms with E-state index in [0.717, 1.165) is 19.5 Å². The Bertz CT molecular complexity index is 351. The fourth-order valence-corrected chi connectivity index (χ4v) is 2.96. The van der Waals surface area contributed by atoms with Crippen LogP contribution in [0.2, 0.25) is 0 Å². The molecule has 2 nitrogen and oxygen atoms in total. The largest absolute Gasteiger partial charge is 0.401 e. The van der Waals surface area contributed by atoms with Crippen molar-refractivity contribution in [3.8, 4) is 0 Å². The lowest BCUT2D eigenvalue weighted by atomic mass is 10.1. The number of nitrogens with zero attached hydrogens (tertiary/aromatic N) is 1. The summed E-state index contributed by atoms with van der Waals surface area (Å²) >= 11 is 1.66. The normalized spacial score (nSPS) is 21.6. The summed E-state index contributed by atoms with van der Waals surface area (Å²) in [6.07, 6.45) is -3.22. The predicted octanol–water partition coefficient (Wildman–Crippen LogP) is 2.72. The van der Waals surface area contributed by atoms with Crippen LogP contribution in [0.25, 0.3) is 0 Å². The highest BCUT2D eigenvalue weighted by molar-refractivity contribution is 7.07. The van der Waals surface area contributed by atoms with E-state index in [1.165, 1.54) is 10.5 Å². The predicted molar refractivity (Wildman–Crippen MR) is 66.6 cm³/mol. The molecule has 2 rings (SSSR count). The molecular weight excluding hydrogens is 261 g/mol. The second kappa shape index (κ2) is 6.04. The molecule has 102 valence electrons. The van der Waals surface area contributed by atoms with Gasteiger partial charge in [0.05, 0.1) is 6.54 Å². The Morgan fingerprint density at radius 1 is 1.44 bits per heavy atom. The fraction of sp³-hybridized carbons (Fsp3) is 0.667. The monoisotopic (exact) mass is 278 g/mol. The maximum Gasteiger partial charge on any atom is 0.401 e. The zero-order valence-corrected chi connectivity index (χ0v) is 10.9. The standard InChI is InChI=1S/C12H17F3N2S/c13-12(14,15)9-17-3-1-10(7-17)5-16-6-11-2-4-18-8-11/h2,4,8,10,16H,1,3,5-7,9H2. The van der Waals surface area contributed by atoms with Crippen LogP contribution in [0.5, 0.6) is 0 Å². The Kier molecular flexibility index (Phi) is 4.64. The van der Waals surface area contributed by atoms with Gasteiger partial charge in [-0.15, -0.1) is 0 Å². The zero-order chi connectivity index (χ0) is 13.0. The first-order valence-electron chi connectivity index (χ1n) is 6.04. The van der Waals surface area contributed by atoms with Crippen LogP contribution in [0, 0.1) is 5.92 Å². The van der Waals surface area contributed by atoms with Crippen molar-refractivity contribution in [2.75, 3.05) is 26.2 Å². The van der Waals surface area contributed by atoms with Crippen molar-refractivity contribution >= 4 is 11.3 Å². The molecule has 1 atom stereocenters. The Morgan fingerprint density at radius 3 is 2.94 bits per heavy atom. The van der Waals surface area contributed by atoms with E-state index in [1.807, 2.05) is 5.38 Å². The van der Waals surface area contributed by atoms with Gasteiger partial charge in [-0.05, 0) is 47.8 Å². The summed E-state index contributed by atoms with van der Waals surface area (Å²) in [5, 5.41) is 7.42. The van der Waals surface area contributed by atoms with Gasteiger partial charge in [0, 0.05) is 13.1 Å². The van der Waals surface area contributed by atoms with Gasteiger partial charge in [-0.2, -0.15) is 24.5 Å². The molecule has 1 aliphatic heterocycles. The highest BCUT2D eigenvalue weighted by Gasteiger charge is 2.34. The second-order valence-electron chi connectivity index (χ2n) is 4.77. The molecule has 0 spiro atoms. The van der Waals surface area contributed by atoms with Crippen LogP contribution >= 0.6 is 11.3 Å². The number of nitrogens with one attached hydrogen (secondary N) is 1. The van der Waals surface area contributed by atoms with Crippen LogP contribution in [0.4, 0.5) is 13.2 Å². The summed E-state index contributed by atoms with van der Waals surface area (Å²) in [6, 6.07) is 2.06. The van der Waals surface area contributed by atoms with E-state index in [0.29, 0.717) is 19.0 Å². The van der Waals surface area contributed by atoms with Gasteiger partial charge in [-0.25, -0.2) is 0 Å². The van der Waals surface area contributed by atoms with Gasteiger partial charge in [0.25, 0.3) is 0 Å². The van der Waals surface area contributed by atoms with Gasteiger partial charge in [-0.1, -0.05) is 0 Å². The van der Waals surface area contributed by atoms with Crippen molar-refractivity contribution in [3.63, 3.8) is 0 Å². The minimum absolute atomic E-state index is 0.339. The van der Waals surface area contributed by atoms with Gasteiger partial charge in [-0.3, -0.25) is 4.90 Å². The molecule has 1 aliphatic rings. The molecule has 0 radical (unpaired) electrons. The van der Waals surface area contributed by atoms with E-state index in [4.69, 9.17) is 0 Å². The molecule has 2 heterocycles. The van der Waals surface area contributed by atoms with E-state index in [-0.39, 0.29) is 0 Å². The summed E-state index contributed by atoms with van der Waals surface area (Å²) in [6.45, 7) is 1.94. The zero-order valence-electron chi connectivity index (χ0n) is 10.0. The average Bonchev–Trinajstić information content (AvgIpc) is 2.88. The third-order valence-corrected chi connectivity index (χ3v) is 3.85. The van der Waals surface area contributed by atoms with E-state index in [1.54, 1.807) is 11.3 Å². The number of rotatable bonds is 5.